The van der Waals surface area contributed by atoms with Crippen LogP contribution in [0.3, 0.4) is 0 Å². The molecule has 0 aliphatic carbocycles. The number of pyridine rings is 1. The summed E-state index contributed by atoms with van der Waals surface area (Å²) in [6.45, 7) is 2.80. The van der Waals surface area contributed by atoms with E-state index in [1.165, 1.54) is 4.80 Å². The molecular formula is C11H14ClN7O. The molecule has 2 heterocycles. The highest BCUT2D eigenvalue weighted by molar-refractivity contribution is 6.34. The summed E-state index contributed by atoms with van der Waals surface area (Å²) in [6.07, 6.45) is 0.954. The van der Waals surface area contributed by atoms with Crippen LogP contribution >= 0.6 is 11.6 Å². The van der Waals surface area contributed by atoms with Crippen LogP contribution < -0.4 is 10.6 Å². The Morgan fingerprint density at radius 2 is 2.25 bits per heavy atom. The summed E-state index contributed by atoms with van der Waals surface area (Å²) in [5.74, 6) is 0.207. The lowest BCUT2D eigenvalue weighted by atomic mass is 10.3. The SMILES string of the molecule is CCCNc1ccc(Cl)c(C(=O)Nc2nnn(C)n2)n1. The van der Waals surface area contributed by atoms with Crippen molar-refractivity contribution in [3.05, 3.63) is 22.8 Å². The van der Waals surface area contributed by atoms with Crippen LogP contribution in [0.2, 0.25) is 5.02 Å². The summed E-state index contributed by atoms with van der Waals surface area (Å²) >= 11 is 5.98. The van der Waals surface area contributed by atoms with E-state index in [4.69, 9.17) is 11.6 Å². The van der Waals surface area contributed by atoms with Crippen LogP contribution in [0.5, 0.6) is 0 Å². The lowest BCUT2D eigenvalue weighted by molar-refractivity contribution is 0.102. The Morgan fingerprint density at radius 3 is 2.90 bits per heavy atom. The first-order valence-corrected chi connectivity index (χ1v) is 6.43. The molecule has 0 fully saturated rings. The van der Waals surface area contributed by atoms with Crippen molar-refractivity contribution in [2.24, 2.45) is 7.05 Å². The predicted octanol–water partition coefficient (Wildman–Crippen LogP) is 1.33. The number of hydrogen-bond donors (Lipinski definition) is 2. The van der Waals surface area contributed by atoms with Crippen LogP contribution in [0.25, 0.3) is 0 Å². The van der Waals surface area contributed by atoms with Crippen LogP contribution in [0.4, 0.5) is 11.8 Å². The van der Waals surface area contributed by atoms with Gasteiger partial charge in [0.2, 0.25) is 0 Å². The summed E-state index contributed by atoms with van der Waals surface area (Å²) in [7, 11) is 1.60. The minimum Gasteiger partial charge on any atom is -0.370 e. The zero-order chi connectivity index (χ0) is 14.5. The first kappa shape index (κ1) is 14.2. The number of nitrogens with zero attached hydrogens (tertiary/aromatic N) is 5. The van der Waals surface area contributed by atoms with E-state index >= 15 is 0 Å². The number of aromatic nitrogens is 5. The summed E-state index contributed by atoms with van der Waals surface area (Å²) in [4.78, 5) is 17.5. The standard InChI is InChI=1S/C11H14ClN7O/c1-3-6-13-8-5-4-7(12)9(14-8)10(20)15-11-16-18-19(2)17-11/h4-5H,3,6H2,1-2H3,(H,13,14)(H,15,17,20). The molecule has 106 valence electrons. The Bertz CT molecular complexity index is 613. The maximum atomic E-state index is 12.1. The number of halogens is 1. The quantitative estimate of drug-likeness (QED) is 0.863. The minimum absolute atomic E-state index is 0.0993. The largest absolute Gasteiger partial charge is 0.370 e. The molecule has 20 heavy (non-hydrogen) atoms. The maximum absolute atomic E-state index is 12.1. The van der Waals surface area contributed by atoms with Crippen molar-refractivity contribution >= 4 is 29.3 Å². The molecule has 9 heteroatoms. The molecule has 2 rings (SSSR count). The third-order valence-electron chi connectivity index (χ3n) is 2.35. The zero-order valence-corrected chi connectivity index (χ0v) is 11.8. The average Bonchev–Trinajstić information content (AvgIpc) is 2.83. The van der Waals surface area contributed by atoms with Gasteiger partial charge in [-0.25, -0.2) is 4.98 Å². The molecule has 0 saturated carbocycles. The predicted molar refractivity (Wildman–Crippen MR) is 74.8 cm³/mol. The van der Waals surface area contributed by atoms with E-state index in [0.29, 0.717) is 5.82 Å². The van der Waals surface area contributed by atoms with Gasteiger partial charge in [0.05, 0.1) is 12.1 Å². The first-order chi connectivity index (χ1) is 9.60. The molecule has 2 aromatic rings. The van der Waals surface area contributed by atoms with E-state index in [1.54, 1.807) is 19.2 Å². The van der Waals surface area contributed by atoms with Gasteiger partial charge in [0.15, 0.2) is 0 Å². The van der Waals surface area contributed by atoms with Gasteiger partial charge in [-0.1, -0.05) is 23.6 Å². The van der Waals surface area contributed by atoms with Crippen molar-refractivity contribution in [2.75, 3.05) is 17.2 Å². The summed E-state index contributed by atoms with van der Waals surface area (Å²) in [5, 5.41) is 17.0. The number of nitrogens with one attached hydrogen (secondary N) is 2. The van der Waals surface area contributed by atoms with Crippen molar-refractivity contribution in [1.82, 2.24) is 25.2 Å². The summed E-state index contributed by atoms with van der Waals surface area (Å²) in [5.41, 5.74) is 0.111. The molecule has 0 aliphatic heterocycles. The van der Waals surface area contributed by atoms with E-state index < -0.39 is 5.91 Å². The van der Waals surface area contributed by atoms with Crippen LogP contribution in [-0.2, 0) is 7.05 Å². The third kappa shape index (κ3) is 3.41. The van der Waals surface area contributed by atoms with E-state index in [2.05, 4.69) is 31.0 Å². The molecule has 0 atom stereocenters. The number of rotatable bonds is 5. The first-order valence-electron chi connectivity index (χ1n) is 6.06. The highest BCUT2D eigenvalue weighted by Crippen LogP contribution is 2.17. The van der Waals surface area contributed by atoms with Gasteiger partial charge in [0.25, 0.3) is 11.9 Å². The van der Waals surface area contributed by atoms with Crippen molar-refractivity contribution in [2.45, 2.75) is 13.3 Å². The van der Waals surface area contributed by atoms with E-state index in [1.807, 2.05) is 6.92 Å². The lowest BCUT2D eigenvalue weighted by Gasteiger charge is -2.07. The van der Waals surface area contributed by atoms with Gasteiger partial charge in [-0.3, -0.25) is 10.1 Å². The van der Waals surface area contributed by atoms with Crippen molar-refractivity contribution in [1.29, 1.82) is 0 Å². The molecule has 0 aromatic carbocycles. The number of tetrazole rings is 1. The average molecular weight is 296 g/mol. The van der Waals surface area contributed by atoms with Gasteiger partial charge < -0.3 is 5.32 Å². The van der Waals surface area contributed by atoms with Crippen LogP contribution in [0.15, 0.2) is 12.1 Å². The van der Waals surface area contributed by atoms with Crippen LogP contribution in [0.1, 0.15) is 23.8 Å². The highest BCUT2D eigenvalue weighted by atomic mass is 35.5. The minimum atomic E-state index is -0.483. The monoisotopic (exact) mass is 295 g/mol. The van der Waals surface area contributed by atoms with E-state index in [-0.39, 0.29) is 16.7 Å². The molecule has 0 radical (unpaired) electrons. The van der Waals surface area contributed by atoms with Crippen LogP contribution in [-0.4, -0.2) is 37.6 Å². The Labute approximate surface area is 120 Å². The zero-order valence-electron chi connectivity index (χ0n) is 11.1. The molecule has 0 aliphatic rings. The highest BCUT2D eigenvalue weighted by Gasteiger charge is 2.15. The topological polar surface area (TPSA) is 97.6 Å². The van der Waals surface area contributed by atoms with Crippen LogP contribution in [0, 0.1) is 0 Å². The number of carbonyl (C=O) groups excluding carboxylic acids is 1. The Hall–Kier alpha value is -2.22. The number of hydrogen-bond acceptors (Lipinski definition) is 6. The molecule has 8 nitrogen and oxygen atoms in total. The molecule has 0 unspecified atom stereocenters. The van der Waals surface area contributed by atoms with E-state index in [0.717, 1.165) is 13.0 Å². The normalized spacial score (nSPS) is 10.3. The van der Waals surface area contributed by atoms with Crippen molar-refractivity contribution in [3.63, 3.8) is 0 Å². The molecule has 0 bridgehead atoms. The molecule has 2 aromatic heterocycles. The van der Waals surface area contributed by atoms with Gasteiger partial charge in [-0.2, -0.15) is 4.80 Å². The Balaban J connectivity index is 2.15. The number of aryl methyl sites for hydroxylation is 1. The molecule has 1 amide bonds. The fraction of sp³-hybridized carbons (Fsp3) is 0.364. The Kier molecular flexibility index (Phi) is 4.46. The maximum Gasteiger partial charge on any atom is 0.278 e. The van der Waals surface area contributed by atoms with Gasteiger partial charge in [0.1, 0.15) is 11.5 Å². The van der Waals surface area contributed by atoms with E-state index in [9.17, 15) is 4.79 Å². The molecule has 2 N–H and O–H groups in total. The summed E-state index contributed by atoms with van der Waals surface area (Å²) < 4.78 is 0. The fourth-order valence-corrected chi connectivity index (χ4v) is 1.64. The van der Waals surface area contributed by atoms with Crippen molar-refractivity contribution in [3.8, 4) is 0 Å². The van der Waals surface area contributed by atoms with Crippen molar-refractivity contribution < 1.29 is 4.79 Å². The molecular weight excluding hydrogens is 282 g/mol. The fourth-order valence-electron chi connectivity index (χ4n) is 1.45. The molecule has 0 spiro atoms. The number of amides is 1. The second kappa shape index (κ2) is 6.29. The number of carbonyl (C=O) groups is 1. The smallest absolute Gasteiger partial charge is 0.278 e. The molecule has 0 saturated heterocycles. The van der Waals surface area contributed by atoms with Gasteiger partial charge >= 0.3 is 0 Å². The van der Waals surface area contributed by atoms with Gasteiger partial charge in [-0.15, -0.1) is 5.10 Å². The third-order valence-corrected chi connectivity index (χ3v) is 2.66. The summed E-state index contributed by atoms with van der Waals surface area (Å²) in [6, 6.07) is 3.33. The second-order valence-electron chi connectivity index (χ2n) is 4.01. The second-order valence-corrected chi connectivity index (χ2v) is 4.42. The number of anilines is 2. The van der Waals surface area contributed by atoms with Gasteiger partial charge in [0, 0.05) is 6.54 Å². The van der Waals surface area contributed by atoms with Gasteiger partial charge in [-0.05, 0) is 23.8 Å². The Morgan fingerprint density at radius 1 is 1.45 bits per heavy atom. The lowest BCUT2D eigenvalue weighted by Crippen LogP contribution is -2.16.